The highest BCUT2D eigenvalue weighted by Crippen LogP contribution is 2.37. The minimum Gasteiger partial charge on any atom is -0.496 e. The lowest BCUT2D eigenvalue weighted by Crippen LogP contribution is -2.14. The maximum Gasteiger partial charge on any atom is 0.265 e. The molecule has 4 aromatic rings. The Morgan fingerprint density at radius 1 is 1.04 bits per heavy atom. The van der Waals surface area contributed by atoms with Crippen molar-refractivity contribution in [2.45, 2.75) is 0 Å². The molecule has 0 fully saturated rings. The van der Waals surface area contributed by atoms with Crippen LogP contribution >= 0.6 is 22.7 Å². The van der Waals surface area contributed by atoms with E-state index in [1.165, 1.54) is 49.0 Å². The fourth-order valence-corrected chi connectivity index (χ4v) is 4.59. The first-order chi connectivity index (χ1) is 13.6. The van der Waals surface area contributed by atoms with Crippen molar-refractivity contribution in [1.82, 2.24) is 10.2 Å². The monoisotopic (exact) mass is 415 g/mol. The lowest BCUT2D eigenvalue weighted by molar-refractivity contribution is 0.102. The zero-order valence-corrected chi connectivity index (χ0v) is 16.5. The van der Waals surface area contributed by atoms with Crippen LogP contribution in [0, 0.1) is 5.82 Å². The van der Waals surface area contributed by atoms with Crippen LogP contribution in [0.15, 0.2) is 42.5 Å². The third-order valence-corrected chi connectivity index (χ3v) is 6.10. The number of fused-ring (bicyclic) bond motifs is 1. The molecule has 6 nitrogen and oxygen atoms in total. The van der Waals surface area contributed by atoms with Crippen LogP contribution in [-0.4, -0.2) is 30.3 Å². The van der Waals surface area contributed by atoms with E-state index in [0.717, 1.165) is 15.0 Å². The van der Waals surface area contributed by atoms with Crippen molar-refractivity contribution in [1.29, 1.82) is 0 Å². The molecule has 1 N–H and O–H groups in total. The number of halogens is 1. The zero-order valence-electron chi connectivity index (χ0n) is 14.9. The van der Waals surface area contributed by atoms with E-state index in [9.17, 15) is 9.18 Å². The van der Waals surface area contributed by atoms with Gasteiger partial charge in [0.1, 0.15) is 22.9 Å². The second-order valence-corrected chi connectivity index (χ2v) is 7.76. The Morgan fingerprint density at radius 3 is 2.50 bits per heavy atom. The summed E-state index contributed by atoms with van der Waals surface area (Å²) in [4.78, 5) is 13.6. The zero-order chi connectivity index (χ0) is 19.7. The summed E-state index contributed by atoms with van der Waals surface area (Å²) >= 11 is 2.66. The molecular formula is C19H14FN3O3S2. The molecule has 28 heavy (non-hydrogen) atoms. The van der Waals surface area contributed by atoms with Gasteiger partial charge in [-0.3, -0.25) is 10.1 Å². The van der Waals surface area contributed by atoms with Gasteiger partial charge in [-0.25, -0.2) is 4.39 Å². The molecule has 0 aliphatic heterocycles. The first-order valence-corrected chi connectivity index (χ1v) is 9.77. The number of methoxy groups -OCH3 is 2. The van der Waals surface area contributed by atoms with Crippen molar-refractivity contribution < 1.29 is 18.7 Å². The number of aromatic nitrogens is 2. The number of carbonyl (C=O) groups is 1. The Bertz CT molecular complexity index is 1150. The molecule has 0 aliphatic carbocycles. The number of ether oxygens (including phenoxy) is 2. The van der Waals surface area contributed by atoms with Crippen molar-refractivity contribution >= 4 is 43.8 Å². The molecule has 0 spiro atoms. The van der Waals surface area contributed by atoms with Crippen molar-refractivity contribution in [2.24, 2.45) is 0 Å². The number of benzene rings is 2. The molecule has 0 saturated carbocycles. The van der Waals surface area contributed by atoms with E-state index in [1.807, 2.05) is 6.07 Å². The van der Waals surface area contributed by atoms with Gasteiger partial charge in [0.05, 0.1) is 19.1 Å². The highest BCUT2D eigenvalue weighted by Gasteiger charge is 2.20. The molecule has 142 valence electrons. The first kappa shape index (κ1) is 18.3. The number of thiophene rings is 1. The highest BCUT2D eigenvalue weighted by atomic mass is 32.1. The molecule has 2 aromatic carbocycles. The average molecular weight is 415 g/mol. The average Bonchev–Trinajstić information content (AvgIpc) is 3.33. The van der Waals surface area contributed by atoms with Gasteiger partial charge in [-0.05, 0) is 35.7 Å². The minimum atomic E-state index is -0.407. The third-order valence-electron chi connectivity index (χ3n) is 3.99. The van der Waals surface area contributed by atoms with Crippen molar-refractivity contribution in [2.75, 3.05) is 19.5 Å². The Balaban J connectivity index is 1.60. The van der Waals surface area contributed by atoms with Gasteiger partial charge >= 0.3 is 0 Å². The summed E-state index contributed by atoms with van der Waals surface area (Å²) < 4.78 is 24.7. The first-order valence-electron chi connectivity index (χ1n) is 8.14. The Hall–Kier alpha value is -3.04. The molecule has 9 heteroatoms. The molecule has 2 aromatic heterocycles. The normalized spacial score (nSPS) is 10.8. The summed E-state index contributed by atoms with van der Waals surface area (Å²) in [6.45, 7) is 0. The van der Waals surface area contributed by atoms with Gasteiger partial charge in [-0.15, -0.1) is 21.5 Å². The van der Waals surface area contributed by atoms with Crippen molar-refractivity contribution in [3.8, 4) is 21.4 Å². The van der Waals surface area contributed by atoms with E-state index in [1.54, 1.807) is 24.3 Å². The number of hydrogen-bond acceptors (Lipinski definition) is 7. The summed E-state index contributed by atoms with van der Waals surface area (Å²) in [6, 6.07) is 11.7. The van der Waals surface area contributed by atoms with Gasteiger partial charge in [0.25, 0.3) is 5.91 Å². The molecular weight excluding hydrogens is 401 g/mol. The summed E-state index contributed by atoms with van der Waals surface area (Å²) in [6.07, 6.45) is 0. The van der Waals surface area contributed by atoms with Gasteiger partial charge in [-0.1, -0.05) is 23.5 Å². The van der Waals surface area contributed by atoms with E-state index in [2.05, 4.69) is 15.5 Å². The maximum atomic E-state index is 13.4. The summed E-state index contributed by atoms with van der Waals surface area (Å²) in [5.74, 6) is 0.105. The standard InChI is InChI=1S/C19H14FN3O3S2/c1-25-12-4-3-5-13(26-2)16(12)17(24)21-19-23-22-18(28-19)15-8-10-6-7-11(20)9-14(10)27-15/h3-9H,1-2H3,(H,21,23,24). The van der Waals surface area contributed by atoms with Crippen LogP contribution in [0.4, 0.5) is 9.52 Å². The molecule has 1 amide bonds. The Kier molecular flexibility index (Phi) is 4.93. The minimum absolute atomic E-state index is 0.279. The van der Waals surface area contributed by atoms with Crippen LogP contribution in [-0.2, 0) is 0 Å². The lowest BCUT2D eigenvalue weighted by atomic mass is 10.1. The predicted octanol–water partition coefficient (Wildman–Crippen LogP) is 4.83. The van der Waals surface area contributed by atoms with Gasteiger partial charge in [-0.2, -0.15) is 0 Å². The largest absolute Gasteiger partial charge is 0.496 e. The number of nitrogens with one attached hydrogen (secondary N) is 1. The topological polar surface area (TPSA) is 73.3 Å². The predicted molar refractivity (Wildman–Crippen MR) is 108 cm³/mol. The summed E-state index contributed by atoms with van der Waals surface area (Å²) in [5, 5.41) is 12.8. The van der Waals surface area contributed by atoms with Crippen molar-refractivity contribution in [3.05, 3.63) is 53.8 Å². The van der Waals surface area contributed by atoms with Crippen molar-refractivity contribution in [3.63, 3.8) is 0 Å². The number of nitrogens with zero attached hydrogens (tertiary/aromatic N) is 2. The van der Waals surface area contributed by atoms with Gasteiger partial charge < -0.3 is 9.47 Å². The number of carbonyl (C=O) groups excluding carboxylic acids is 1. The van der Waals surface area contributed by atoms with Crippen LogP contribution in [0.25, 0.3) is 20.0 Å². The quantitative estimate of drug-likeness (QED) is 0.505. The molecule has 0 unspecified atom stereocenters. The lowest BCUT2D eigenvalue weighted by Gasteiger charge is -2.11. The second-order valence-electron chi connectivity index (χ2n) is 5.70. The SMILES string of the molecule is COc1cccc(OC)c1C(=O)Nc1nnc(-c2cc3ccc(F)cc3s2)s1. The fourth-order valence-electron chi connectivity index (χ4n) is 2.72. The van der Waals surface area contributed by atoms with Gasteiger partial charge in [0, 0.05) is 4.70 Å². The summed E-state index contributed by atoms with van der Waals surface area (Å²) in [5.41, 5.74) is 0.279. The van der Waals surface area contributed by atoms with E-state index in [0.29, 0.717) is 21.6 Å². The number of anilines is 1. The van der Waals surface area contributed by atoms with E-state index in [-0.39, 0.29) is 11.4 Å². The van der Waals surface area contributed by atoms with Crippen LogP contribution in [0.5, 0.6) is 11.5 Å². The fraction of sp³-hybridized carbons (Fsp3) is 0.105. The van der Waals surface area contributed by atoms with Crippen LogP contribution in [0.1, 0.15) is 10.4 Å². The molecule has 0 saturated heterocycles. The van der Waals surface area contributed by atoms with E-state index < -0.39 is 5.91 Å². The molecule has 0 bridgehead atoms. The molecule has 0 radical (unpaired) electrons. The number of rotatable bonds is 5. The number of amides is 1. The van der Waals surface area contributed by atoms with Gasteiger partial charge in [0.15, 0.2) is 5.01 Å². The highest BCUT2D eigenvalue weighted by molar-refractivity contribution is 7.26. The Labute approximate surface area is 167 Å². The Morgan fingerprint density at radius 2 is 1.79 bits per heavy atom. The van der Waals surface area contributed by atoms with Crippen LogP contribution < -0.4 is 14.8 Å². The van der Waals surface area contributed by atoms with Crippen LogP contribution in [0.2, 0.25) is 0 Å². The van der Waals surface area contributed by atoms with Crippen LogP contribution in [0.3, 0.4) is 0 Å². The second kappa shape index (κ2) is 7.53. The molecule has 4 rings (SSSR count). The third kappa shape index (κ3) is 3.41. The van der Waals surface area contributed by atoms with E-state index >= 15 is 0 Å². The summed E-state index contributed by atoms with van der Waals surface area (Å²) in [7, 11) is 2.97. The molecule has 0 aliphatic rings. The maximum absolute atomic E-state index is 13.4. The number of hydrogen-bond donors (Lipinski definition) is 1. The molecule has 2 heterocycles. The van der Waals surface area contributed by atoms with E-state index in [4.69, 9.17) is 9.47 Å². The molecule has 0 atom stereocenters. The smallest absolute Gasteiger partial charge is 0.265 e. The van der Waals surface area contributed by atoms with Gasteiger partial charge in [0.2, 0.25) is 5.13 Å².